The molecule has 0 bridgehead atoms. The molecule has 0 aliphatic carbocycles. The smallest absolute Gasteiger partial charge is 0.161 e. The second-order valence-electron chi connectivity index (χ2n) is 5.00. The van der Waals surface area contributed by atoms with Crippen molar-refractivity contribution in [2.45, 2.75) is 12.6 Å². The van der Waals surface area contributed by atoms with Gasteiger partial charge in [0.1, 0.15) is 13.2 Å². The van der Waals surface area contributed by atoms with Gasteiger partial charge in [0.2, 0.25) is 0 Å². The van der Waals surface area contributed by atoms with E-state index in [4.69, 9.17) is 9.47 Å². The average Bonchev–Trinajstić information content (AvgIpc) is 2.56. The topological polar surface area (TPSA) is 50.7 Å². The maximum Gasteiger partial charge on any atom is 0.161 e. The van der Waals surface area contributed by atoms with Crippen LogP contribution in [0.1, 0.15) is 17.2 Å². The van der Waals surface area contributed by atoms with Gasteiger partial charge in [0.15, 0.2) is 11.5 Å². The molecule has 1 aliphatic rings. The first-order valence-electron chi connectivity index (χ1n) is 7.14. The van der Waals surface area contributed by atoms with Crippen LogP contribution in [0.15, 0.2) is 48.5 Å². The van der Waals surface area contributed by atoms with Gasteiger partial charge in [-0.25, -0.2) is 0 Å². The molecule has 2 N–H and O–H groups in total. The van der Waals surface area contributed by atoms with Crippen molar-refractivity contribution >= 4 is 0 Å². The number of nitrogens with one attached hydrogen (secondary N) is 1. The molecule has 1 unspecified atom stereocenters. The zero-order valence-corrected chi connectivity index (χ0v) is 11.8. The molecule has 2 aromatic rings. The molecule has 21 heavy (non-hydrogen) atoms. The highest BCUT2D eigenvalue weighted by Gasteiger charge is 2.13. The maximum absolute atomic E-state index is 9.54. The molecule has 0 spiro atoms. The van der Waals surface area contributed by atoms with Crippen molar-refractivity contribution in [2.75, 3.05) is 19.8 Å². The van der Waals surface area contributed by atoms with Crippen LogP contribution < -0.4 is 14.8 Å². The van der Waals surface area contributed by atoms with Crippen LogP contribution in [0.2, 0.25) is 0 Å². The molecule has 0 radical (unpaired) electrons. The Morgan fingerprint density at radius 3 is 2.52 bits per heavy atom. The van der Waals surface area contributed by atoms with Gasteiger partial charge in [-0.2, -0.15) is 0 Å². The normalized spacial score (nSPS) is 14.7. The number of aliphatic hydroxyl groups is 1. The minimum absolute atomic E-state index is 0.0641. The van der Waals surface area contributed by atoms with Crippen molar-refractivity contribution in [3.05, 3.63) is 59.7 Å². The number of hydrogen-bond donors (Lipinski definition) is 2. The molecule has 1 atom stereocenters. The van der Waals surface area contributed by atoms with Gasteiger partial charge in [-0.15, -0.1) is 0 Å². The van der Waals surface area contributed by atoms with Gasteiger partial charge < -0.3 is 19.9 Å². The highest BCUT2D eigenvalue weighted by molar-refractivity contribution is 5.43. The fourth-order valence-corrected chi connectivity index (χ4v) is 2.41. The van der Waals surface area contributed by atoms with Crippen molar-refractivity contribution in [3.8, 4) is 11.5 Å². The Kier molecular flexibility index (Phi) is 4.38. The first-order chi connectivity index (χ1) is 10.4. The van der Waals surface area contributed by atoms with E-state index in [1.165, 1.54) is 0 Å². The summed E-state index contributed by atoms with van der Waals surface area (Å²) in [5.74, 6) is 1.59. The van der Waals surface area contributed by atoms with Crippen molar-refractivity contribution in [1.29, 1.82) is 0 Å². The molecule has 0 aromatic heterocycles. The number of rotatable bonds is 5. The summed E-state index contributed by atoms with van der Waals surface area (Å²) < 4.78 is 11.1. The van der Waals surface area contributed by atoms with Gasteiger partial charge in [-0.1, -0.05) is 36.4 Å². The third-order valence-electron chi connectivity index (χ3n) is 3.54. The van der Waals surface area contributed by atoms with Crippen LogP contribution in [0.5, 0.6) is 11.5 Å². The highest BCUT2D eigenvalue weighted by atomic mass is 16.6. The molecule has 1 heterocycles. The fourth-order valence-electron chi connectivity index (χ4n) is 2.41. The number of fused-ring (bicyclic) bond motifs is 1. The predicted octanol–water partition coefficient (Wildman–Crippen LogP) is 2.28. The molecule has 110 valence electrons. The Morgan fingerprint density at radius 2 is 1.76 bits per heavy atom. The molecular weight excluding hydrogens is 266 g/mol. The summed E-state index contributed by atoms with van der Waals surface area (Å²) >= 11 is 0. The fraction of sp³-hybridized carbons (Fsp3) is 0.294. The standard InChI is InChI=1S/C17H19NO3/c19-12-15(14-4-2-1-3-5-14)18-11-13-6-7-16-17(10-13)21-9-8-20-16/h1-7,10,15,18-19H,8-9,11-12H2. The lowest BCUT2D eigenvalue weighted by Gasteiger charge is -2.20. The first-order valence-corrected chi connectivity index (χ1v) is 7.14. The quantitative estimate of drug-likeness (QED) is 0.885. The van der Waals surface area contributed by atoms with E-state index < -0.39 is 0 Å². The Labute approximate surface area is 124 Å². The first kappa shape index (κ1) is 13.9. The minimum atomic E-state index is -0.0700. The second-order valence-corrected chi connectivity index (χ2v) is 5.00. The lowest BCUT2D eigenvalue weighted by molar-refractivity contribution is 0.171. The van der Waals surface area contributed by atoms with E-state index in [1.807, 2.05) is 48.5 Å². The largest absolute Gasteiger partial charge is 0.486 e. The molecule has 0 saturated carbocycles. The Balaban J connectivity index is 1.66. The van der Waals surface area contributed by atoms with Gasteiger partial charge in [0.25, 0.3) is 0 Å². The predicted molar refractivity (Wildman–Crippen MR) is 80.5 cm³/mol. The summed E-state index contributed by atoms with van der Waals surface area (Å²) in [7, 11) is 0. The number of ether oxygens (including phenoxy) is 2. The summed E-state index contributed by atoms with van der Waals surface area (Å²) in [6, 6.07) is 15.8. The van der Waals surface area contributed by atoms with Crippen LogP contribution in [0.4, 0.5) is 0 Å². The number of hydrogen-bond acceptors (Lipinski definition) is 4. The maximum atomic E-state index is 9.54. The van der Waals surface area contributed by atoms with Gasteiger partial charge in [-0.3, -0.25) is 0 Å². The van der Waals surface area contributed by atoms with Gasteiger partial charge in [-0.05, 0) is 23.3 Å². The lowest BCUT2D eigenvalue weighted by atomic mass is 10.1. The number of aliphatic hydroxyl groups excluding tert-OH is 1. The molecule has 0 saturated heterocycles. The summed E-state index contributed by atoms with van der Waals surface area (Å²) in [4.78, 5) is 0. The molecule has 0 fully saturated rings. The van der Waals surface area contributed by atoms with Gasteiger partial charge in [0, 0.05) is 6.54 Å². The lowest BCUT2D eigenvalue weighted by Crippen LogP contribution is -2.24. The van der Waals surface area contributed by atoms with Crippen LogP contribution in [-0.4, -0.2) is 24.9 Å². The van der Waals surface area contributed by atoms with Crippen molar-refractivity contribution in [2.24, 2.45) is 0 Å². The molecule has 0 amide bonds. The van der Waals surface area contributed by atoms with Gasteiger partial charge >= 0.3 is 0 Å². The summed E-state index contributed by atoms with van der Waals surface area (Å²) in [6.45, 7) is 1.92. The molecular formula is C17H19NO3. The van der Waals surface area contributed by atoms with E-state index in [0.29, 0.717) is 19.8 Å². The Bertz CT molecular complexity index is 586. The average molecular weight is 285 g/mol. The van der Waals surface area contributed by atoms with E-state index in [-0.39, 0.29) is 12.6 Å². The van der Waals surface area contributed by atoms with Crippen LogP contribution in [0.3, 0.4) is 0 Å². The highest BCUT2D eigenvalue weighted by Crippen LogP contribution is 2.30. The molecule has 3 rings (SSSR count). The zero-order chi connectivity index (χ0) is 14.5. The monoisotopic (exact) mass is 285 g/mol. The molecule has 4 heteroatoms. The molecule has 1 aliphatic heterocycles. The van der Waals surface area contributed by atoms with E-state index in [2.05, 4.69) is 5.32 Å². The van der Waals surface area contributed by atoms with E-state index in [9.17, 15) is 5.11 Å². The third-order valence-corrected chi connectivity index (χ3v) is 3.54. The van der Waals surface area contributed by atoms with E-state index in [0.717, 1.165) is 22.6 Å². The number of benzene rings is 2. The van der Waals surface area contributed by atoms with Crippen molar-refractivity contribution < 1.29 is 14.6 Å². The molecule has 2 aromatic carbocycles. The second kappa shape index (κ2) is 6.61. The summed E-state index contributed by atoms with van der Waals surface area (Å²) in [5.41, 5.74) is 2.19. The molecule has 4 nitrogen and oxygen atoms in total. The summed E-state index contributed by atoms with van der Waals surface area (Å²) in [5, 5.41) is 12.9. The van der Waals surface area contributed by atoms with E-state index in [1.54, 1.807) is 0 Å². The zero-order valence-electron chi connectivity index (χ0n) is 11.8. The Hall–Kier alpha value is -2.04. The van der Waals surface area contributed by atoms with Crippen LogP contribution in [0, 0.1) is 0 Å². The summed E-state index contributed by atoms with van der Waals surface area (Å²) in [6.07, 6.45) is 0. The SMILES string of the molecule is OCC(NCc1ccc2c(c1)OCCO2)c1ccccc1. The van der Waals surface area contributed by atoms with Crippen molar-refractivity contribution in [1.82, 2.24) is 5.32 Å². The van der Waals surface area contributed by atoms with Crippen LogP contribution in [-0.2, 0) is 6.54 Å². The Morgan fingerprint density at radius 1 is 1.00 bits per heavy atom. The van der Waals surface area contributed by atoms with Crippen molar-refractivity contribution in [3.63, 3.8) is 0 Å². The van der Waals surface area contributed by atoms with Gasteiger partial charge in [0.05, 0.1) is 12.6 Å². The van der Waals surface area contributed by atoms with Crippen LogP contribution in [0.25, 0.3) is 0 Å². The van der Waals surface area contributed by atoms with E-state index >= 15 is 0 Å². The van der Waals surface area contributed by atoms with Crippen LogP contribution >= 0.6 is 0 Å². The minimum Gasteiger partial charge on any atom is -0.486 e. The third kappa shape index (κ3) is 3.35.